The first kappa shape index (κ1) is 19.3. The van der Waals surface area contributed by atoms with E-state index in [0.717, 1.165) is 4.90 Å². The van der Waals surface area contributed by atoms with Gasteiger partial charge in [-0.2, -0.15) is 0 Å². The number of amides is 3. The molecule has 2 aromatic rings. The van der Waals surface area contributed by atoms with E-state index in [0.29, 0.717) is 16.9 Å². The largest absolute Gasteiger partial charge is 0.492 e. The molecule has 1 aliphatic rings. The summed E-state index contributed by atoms with van der Waals surface area (Å²) < 4.78 is 23.4. The Hall–Kier alpha value is -3.42. The topological polar surface area (TPSA) is 84.9 Å². The van der Waals surface area contributed by atoms with Gasteiger partial charge < -0.3 is 14.8 Å². The number of esters is 1. The number of methoxy groups -OCH3 is 1. The van der Waals surface area contributed by atoms with E-state index in [9.17, 15) is 18.8 Å². The molecule has 7 nitrogen and oxygen atoms in total. The van der Waals surface area contributed by atoms with Crippen LogP contribution in [0.4, 0.5) is 9.18 Å². The van der Waals surface area contributed by atoms with E-state index in [1.54, 1.807) is 25.1 Å². The number of carbonyl (C=O) groups excluding carboxylic acids is 3. The van der Waals surface area contributed by atoms with Gasteiger partial charge in [0.1, 0.15) is 23.7 Å². The van der Waals surface area contributed by atoms with Crippen LogP contribution in [0, 0.1) is 5.82 Å². The Kier molecular flexibility index (Phi) is 5.30. The molecule has 0 aliphatic carbocycles. The molecule has 0 radical (unpaired) electrons. The van der Waals surface area contributed by atoms with Gasteiger partial charge in [0.25, 0.3) is 5.91 Å². The highest BCUT2D eigenvalue weighted by molar-refractivity contribution is 6.07. The van der Waals surface area contributed by atoms with Gasteiger partial charge in [0.2, 0.25) is 0 Å². The standard InChI is InChI=1S/C20H19FN2O5/c1-20(14-6-8-15(21)9-7-14)18(25)23(19(26)22-20)10-11-28-16-5-3-4-13(12-16)17(24)27-2/h3-9,12H,10-11H2,1-2H3,(H,22,26)/t20-/m0/s1. The zero-order valence-corrected chi connectivity index (χ0v) is 15.4. The van der Waals surface area contributed by atoms with Crippen molar-refractivity contribution in [3.8, 4) is 5.75 Å². The SMILES string of the molecule is COC(=O)c1cccc(OCCN2C(=O)N[C@@](C)(c3ccc(F)cc3)C2=O)c1. The monoisotopic (exact) mass is 386 g/mol. The molecule has 0 saturated carbocycles. The van der Waals surface area contributed by atoms with E-state index in [2.05, 4.69) is 10.1 Å². The molecule has 146 valence electrons. The zero-order chi connectivity index (χ0) is 20.3. The number of halogens is 1. The molecule has 0 bridgehead atoms. The average Bonchev–Trinajstić information content (AvgIpc) is 2.92. The van der Waals surface area contributed by atoms with Gasteiger partial charge in [-0.3, -0.25) is 9.69 Å². The Morgan fingerprint density at radius 2 is 1.89 bits per heavy atom. The van der Waals surface area contributed by atoms with E-state index in [1.165, 1.54) is 37.4 Å². The lowest BCUT2D eigenvalue weighted by atomic mass is 9.92. The first-order valence-electron chi connectivity index (χ1n) is 8.56. The summed E-state index contributed by atoms with van der Waals surface area (Å²) in [5, 5.41) is 2.64. The second-order valence-electron chi connectivity index (χ2n) is 6.39. The Labute approximate surface area is 161 Å². The number of ether oxygens (including phenoxy) is 2. The molecule has 0 unspecified atom stereocenters. The molecule has 1 N–H and O–H groups in total. The summed E-state index contributed by atoms with van der Waals surface area (Å²) in [5.74, 6) is -0.953. The third kappa shape index (κ3) is 3.66. The van der Waals surface area contributed by atoms with Crippen molar-refractivity contribution in [1.29, 1.82) is 0 Å². The minimum Gasteiger partial charge on any atom is -0.492 e. The molecule has 0 spiro atoms. The van der Waals surface area contributed by atoms with Crippen LogP contribution in [0.2, 0.25) is 0 Å². The van der Waals surface area contributed by atoms with E-state index in [-0.39, 0.29) is 13.2 Å². The van der Waals surface area contributed by atoms with Crippen LogP contribution in [-0.2, 0) is 15.1 Å². The number of nitrogens with one attached hydrogen (secondary N) is 1. The fourth-order valence-corrected chi connectivity index (χ4v) is 2.96. The molecule has 3 amide bonds. The van der Waals surface area contributed by atoms with Crippen LogP contribution in [0.1, 0.15) is 22.8 Å². The molecule has 28 heavy (non-hydrogen) atoms. The van der Waals surface area contributed by atoms with Crippen LogP contribution in [0.5, 0.6) is 5.75 Å². The van der Waals surface area contributed by atoms with Gasteiger partial charge >= 0.3 is 12.0 Å². The van der Waals surface area contributed by atoms with Crippen LogP contribution in [0.3, 0.4) is 0 Å². The Balaban J connectivity index is 1.65. The van der Waals surface area contributed by atoms with Gasteiger partial charge in [-0.1, -0.05) is 18.2 Å². The van der Waals surface area contributed by atoms with E-state index >= 15 is 0 Å². The molecule has 2 aromatic carbocycles. The molecular formula is C20H19FN2O5. The van der Waals surface area contributed by atoms with Gasteiger partial charge in [0, 0.05) is 0 Å². The van der Waals surface area contributed by atoms with Gasteiger partial charge in [0.15, 0.2) is 0 Å². The zero-order valence-electron chi connectivity index (χ0n) is 15.4. The lowest BCUT2D eigenvalue weighted by Crippen LogP contribution is -2.41. The number of hydrogen-bond acceptors (Lipinski definition) is 5. The normalized spacial score (nSPS) is 18.8. The molecule has 1 saturated heterocycles. The summed E-state index contributed by atoms with van der Waals surface area (Å²) >= 11 is 0. The van der Waals surface area contributed by atoms with Crippen LogP contribution < -0.4 is 10.1 Å². The van der Waals surface area contributed by atoms with Gasteiger partial charge in [-0.05, 0) is 42.8 Å². The van der Waals surface area contributed by atoms with Crippen LogP contribution in [0.15, 0.2) is 48.5 Å². The quantitative estimate of drug-likeness (QED) is 0.609. The second kappa shape index (κ2) is 7.67. The van der Waals surface area contributed by atoms with Crippen molar-refractivity contribution < 1.29 is 28.2 Å². The molecular weight excluding hydrogens is 367 g/mol. The van der Waals surface area contributed by atoms with E-state index < -0.39 is 29.3 Å². The maximum absolute atomic E-state index is 13.1. The third-order valence-electron chi connectivity index (χ3n) is 4.54. The number of hydrogen-bond donors (Lipinski definition) is 1. The van der Waals surface area contributed by atoms with Crippen LogP contribution in [-0.4, -0.2) is 43.1 Å². The predicted octanol–water partition coefficient (Wildman–Crippen LogP) is 2.46. The van der Waals surface area contributed by atoms with E-state index in [1.807, 2.05) is 0 Å². The number of rotatable bonds is 6. The summed E-state index contributed by atoms with van der Waals surface area (Å²) in [6.45, 7) is 1.63. The first-order valence-corrected chi connectivity index (χ1v) is 8.56. The summed E-state index contributed by atoms with van der Waals surface area (Å²) in [4.78, 5) is 37.7. The van der Waals surface area contributed by atoms with Crippen molar-refractivity contribution in [2.45, 2.75) is 12.5 Å². The summed E-state index contributed by atoms with van der Waals surface area (Å²) in [6.07, 6.45) is 0. The van der Waals surface area contributed by atoms with Gasteiger partial charge in [-0.15, -0.1) is 0 Å². The number of nitrogens with zero attached hydrogens (tertiary/aromatic N) is 1. The molecule has 1 atom stereocenters. The maximum atomic E-state index is 13.1. The number of urea groups is 1. The molecule has 1 heterocycles. The van der Waals surface area contributed by atoms with Crippen molar-refractivity contribution in [2.24, 2.45) is 0 Å². The maximum Gasteiger partial charge on any atom is 0.337 e. The molecule has 3 rings (SSSR count). The fourth-order valence-electron chi connectivity index (χ4n) is 2.96. The predicted molar refractivity (Wildman–Crippen MR) is 97.3 cm³/mol. The summed E-state index contributed by atoms with van der Waals surface area (Å²) in [7, 11) is 1.28. The fraction of sp³-hybridized carbons (Fsp3) is 0.250. The third-order valence-corrected chi connectivity index (χ3v) is 4.54. The van der Waals surface area contributed by atoms with Crippen LogP contribution in [0.25, 0.3) is 0 Å². The Morgan fingerprint density at radius 3 is 2.57 bits per heavy atom. The minimum absolute atomic E-state index is 0.0178. The highest BCUT2D eigenvalue weighted by atomic mass is 19.1. The highest BCUT2D eigenvalue weighted by Crippen LogP contribution is 2.28. The van der Waals surface area contributed by atoms with Crippen molar-refractivity contribution >= 4 is 17.9 Å². The first-order chi connectivity index (χ1) is 13.3. The lowest BCUT2D eigenvalue weighted by Gasteiger charge is -2.22. The second-order valence-corrected chi connectivity index (χ2v) is 6.39. The van der Waals surface area contributed by atoms with Crippen LogP contribution >= 0.6 is 0 Å². The van der Waals surface area contributed by atoms with E-state index in [4.69, 9.17) is 4.74 Å². The molecule has 8 heteroatoms. The van der Waals surface area contributed by atoms with Crippen molar-refractivity contribution in [2.75, 3.05) is 20.3 Å². The molecule has 1 fully saturated rings. The number of carbonyl (C=O) groups is 3. The van der Waals surface area contributed by atoms with Crippen molar-refractivity contribution in [3.63, 3.8) is 0 Å². The van der Waals surface area contributed by atoms with Gasteiger partial charge in [-0.25, -0.2) is 14.0 Å². The average molecular weight is 386 g/mol. The lowest BCUT2D eigenvalue weighted by molar-refractivity contribution is -0.131. The highest BCUT2D eigenvalue weighted by Gasteiger charge is 2.48. The summed E-state index contributed by atoms with van der Waals surface area (Å²) in [6, 6.07) is 11.2. The number of benzene rings is 2. The molecule has 0 aromatic heterocycles. The molecule has 1 aliphatic heterocycles. The Bertz CT molecular complexity index is 915. The van der Waals surface area contributed by atoms with Crippen molar-refractivity contribution in [3.05, 3.63) is 65.5 Å². The minimum atomic E-state index is -1.27. The van der Waals surface area contributed by atoms with Gasteiger partial charge in [0.05, 0.1) is 19.2 Å². The Morgan fingerprint density at radius 1 is 1.18 bits per heavy atom. The van der Waals surface area contributed by atoms with Crippen molar-refractivity contribution in [1.82, 2.24) is 10.2 Å². The summed E-state index contributed by atoms with van der Waals surface area (Å²) in [5.41, 5.74) is -0.449. The number of imide groups is 1. The smallest absolute Gasteiger partial charge is 0.337 e.